The Bertz CT molecular complexity index is 929. The topological polar surface area (TPSA) is 88.7 Å². The third kappa shape index (κ3) is 6.77. The van der Waals surface area contributed by atoms with Crippen LogP contribution in [0.2, 0.25) is 0 Å². The molecule has 2 aromatic carbocycles. The number of nitrogens with one attached hydrogen (secondary N) is 3. The molecule has 3 rings (SSSR count). The van der Waals surface area contributed by atoms with Crippen LogP contribution in [0.1, 0.15) is 46.9 Å². The number of carbonyl (C=O) groups excluding carboxylic acids is 2. The van der Waals surface area contributed by atoms with E-state index in [1.807, 2.05) is 6.92 Å². The van der Waals surface area contributed by atoms with Crippen molar-refractivity contribution in [3.63, 3.8) is 0 Å². The van der Waals surface area contributed by atoms with Crippen LogP contribution in [0.4, 0.5) is 5.69 Å². The van der Waals surface area contributed by atoms with Gasteiger partial charge in [0.1, 0.15) is 5.75 Å². The quantitative estimate of drug-likeness (QED) is 0.544. The van der Waals surface area contributed by atoms with Gasteiger partial charge in [0.2, 0.25) is 0 Å². The van der Waals surface area contributed by atoms with Crippen molar-refractivity contribution in [3.05, 3.63) is 59.7 Å². The second-order valence-electron chi connectivity index (χ2n) is 7.18. The summed E-state index contributed by atoms with van der Waals surface area (Å²) in [4.78, 5) is 25.2. The lowest BCUT2D eigenvalue weighted by molar-refractivity contribution is 0.0858. The van der Waals surface area contributed by atoms with E-state index in [1.165, 1.54) is 0 Å². The second-order valence-corrected chi connectivity index (χ2v) is 7.58. The number of hydrogen-bond acceptors (Lipinski definition) is 5. The molecular formula is C23H27N3O4S. The highest BCUT2D eigenvalue weighted by molar-refractivity contribution is 7.80. The summed E-state index contributed by atoms with van der Waals surface area (Å²) >= 11 is 5.29. The fraction of sp³-hybridized carbons (Fsp3) is 0.348. The zero-order valence-corrected chi connectivity index (χ0v) is 18.3. The second kappa shape index (κ2) is 11.4. The van der Waals surface area contributed by atoms with Crippen LogP contribution in [0.5, 0.6) is 5.75 Å². The van der Waals surface area contributed by atoms with Crippen molar-refractivity contribution in [1.29, 1.82) is 0 Å². The van der Waals surface area contributed by atoms with Gasteiger partial charge in [-0.3, -0.25) is 14.9 Å². The maximum atomic E-state index is 12.6. The van der Waals surface area contributed by atoms with E-state index in [9.17, 15) is 9.59 Å². The van der Waals surface area contributed by atoms with Crippen LogP contribution < -0.4 is 20.7 Å². The van der Waals surface area contributed by atoms with Gasteiger partial charge >= 0.3 is 0 Å². The molecule has 1 saturated heterocycles. The van der Waals surface area contributed by atoms with Crippen molar-refractivity contribution in [2.24, 2.45) is 0 Å². The first-order valence-electron chi connectivity index (χ1n) is 10.4. The predicted molar refractivity (Wildman–Crippen MR) is 124 cm³/mol. The summed E-state index contributed by atoms with van der Waals surface area (Å²) in [5.74, 6) is 0.0369. The lowest BCUT2D eigenvalue weighted by atomic mass is 10.1. The zero-order valence-electron chi connectivity index (χ0n) is 17.5. The van der Waals surface area contributed by atoms with E-state index in [0.717, 1.165) is 25.9 Å². The Balaban J connectivity index is 1.59. The largest absolute Gasteiger partial charge is 0.494 e. The monoisotopic (exact) mass is 441 g/mol. The van der Waals surface area contributed by atoms with Crippen molar-refractivity contribution < 1.29 is 19.1 Å². The number of carbonyl (C=O) groups is 2. The number of benzene rings is 2. The van der Waals surface area contributed by atoms with Gasteiger partial charge in [0.15, 0.2) is 5.11 Å². The van der Waals surface area contributed by atoms with Crippen molar-refractivity contribution in [2.45, 2.75) is 32.3 Å². The molecule has 0 unspecified atom stereocenters. The molecule has 1 atom stereocenters. The predicted octanol–water partition coefficient (Wildman–Crippen LogP) is 3.51. The highest BCUT2D eigenvalue weighted by Crippen LogP contribution is 2.17. The molecule has 0 aliphatic carbocycles. The van der Waals surface area contributed by atoms with E-state index >= 15 is 0 Å². The zero-order chi connectivity index (χ0) is 22.1. The van der Waals surface area contributed by atoms with Crippen molar-refractivity contribution in [2.75, 3.05) is 25.1 Å². The van der Waals surface area contributed by atoms with Gasteiger partial charge in [-0.05, 0) is 61.8 Å². The summed E-state index contributed by atoms with van der Waals surface area (Å²) < 4.78 is 11.1. The van der Waals surface area contributed by atoms with E-state index in [4.69, 9.17) is 21.7 Å². The van der Waals surface area contributed by atoms with Gasteiger partial charge in [0, 0.05) is 18.7 Å². The summed E-state index contributed by atoms with van der Waals surface area (Å²) in [6, 6.07) is 13.9. The normalized spacial score (nSPS) is 15.2. The van der Waals surface area contributed by atoms with Gasteiger partial charge in [-0.1, -0.05) is 25.1 Å². The Morgan fingerprint density at radius 3 is 2.77 bits per heavy atom. The number of hydrogen-bond donors (Lipinski definition) is 3. The van der Waals surface area contributed by atoms with E-state index < -0.39 is 0 Å². The Morgan fingerprint density at radius 1 is 1.16 bits per heavy atom. The van der Waals surface area contributed by atoms with Crippen molar-refractivity contribution in [1.82, 2.24) is 10.6 Å². The van der Waals surface area contributed by atoms with Crippen molar-refractivity contribution >= 4 is 34.8 Å². The van der Waals surface area contributed by atoms with E-state index in [1.54, 1.807) is 48.5 Å². The molecule has 7 nitrogen and oxygen atoms in total. The summed E-state index contributed by atoms with van der Waals surface area (Å²) in [6.07, 6.45) is 2.90. The van der Waals surface area contributed by atoms with Gasteiger partial charge in [-0.15, -0.1) is 0 Å². The molecule has 0 radical (unpaired) electrons. The molecule has 1 aliphatic heterocycles. The van der Waals surface area contributed by atoms with Crippen LogP contribution in [0.3, 0.4) is 0 Å². The minimum Gasteiger partial charge on any atom is -0.494 e. The molecule has 1 aliphatic rings. The molecule has 2 aromatic rings. The summed E-state index contributed by atoms with van der Waals surface area (Å²) in [7, 11) is 0. The Labute approximate surface area is 187 Å². The number of anilines is 1. The molecule has 8 heteroatoms. The smallest absolute Gasteiger partial charge is 0.257 e. The molecule has 0 bridgehead atoms. The van der Waals surface area contributed by atoms with Gasteiger partial charge in [0.05, 0.1) is 24.0 Å². The maximum absolute atomic E-state index is 12.6. The van der Waals surface area contributed by atoms with Crippen molar-refractivity contribution in [3.8, 4) is 5.75 Å². The Morgan fingerprint density at radius 2 is 2.00 bits per heavy atom. The number of para-hydroxylation sites is 1. The molecule has 31 heavy (non-hydrogen) atoms. The fourth-order valence-electron chi connectivity index (χ4n) is 3.17. The molecule has 0 saturated carbocycles. The van der Waals surface area contributed by atoms with E-state index in [2.05, 4.69) is 16.0 Å². The first-order chi connectivity index (χ1) is 15.1. The van der Waals surface area contributed by atoms with Crippen LogP contribution in [0.15, 0.2) is 48.5 Å². The number of rotatable bonds is 8. The number of thiocarbonyl (C=S) groups is 1. The number of ether oxygens (including phenoxy) is 2. The molecule has 3 N–H and O–H groups in total. The van der Waals surface area contributed by atoms with Crippen LogP contribution in [0, 0.1) is 0 Å². The van der Waals surface area contributed by atoms with E-state index in [-0.39, 0.29) is 23.0 Å². The third-order valence-electron chi connectivity index (χ3n) is 4.73. The fourth-order valence-corrected chi connectivity index (χ4v) is 3.38. The lowest BCUT2D eigenvalue weighted by Crippen LogP contribution is -2.35. The summed E-state index contributed by atoms with van der Waals surface area (Å²) in [6.45, 7) is 3.79. The molecule has 0 aromatic heterocycles. The SMILES string of the molecule is CCCOc1cccc(C(=O)NC(=S)Nc2ccccc2C(=O)NC[C@H]2CCCO2)c1. The molecule has 1 heterocycles. The highest BCUT2D eigenvalue weighted by Gasteiger charge is 2.18. The highest BCUT2D eigenvalue weighted by atomic mass is 32.1. The van der Waals surface area contributed by atoms with E-state index in [0.29, 0.717) is 35.7 Å². The van der Waals surface area contributed by atoms with Gasteiger partial charge < -0.3 is 20.1 Å². The minimum atomic E-state index is -0.361. The standard InChI is InChI=1S/C23H27N3O4S/c1-2-12-29-17-8-5-7-16(14-17)21(27)26-23(31)25-20-11-4-3-10-19(20)22(28)24-15-18-9-6-13-30-18/h3-5,7-8,10-11,14,18H,2,6,9,12-13,15H2,1H3,(H,24,28)(H2,25,26,27,31)/t18-/m1/s1. The average Bonchev–Trinajstić information content (AvgIpc) is 3.30. The minimum absolute atomic E-state index is 0.0569. The molecular weight excluding hydrogens is 414 g/mol. The Kier molecular flexibility index (Phi) is 8.37. The van der Waals surface area contributed by atoms with Crippen LogP contribution >= 0.6 is 12.2 Å². The molecule has 2 amide bonds. The van der Waals surface area contributed by atoms with Crippen LogP contribution in [-0.4, -0.2) is 42.8 Å². The van der Waals surface area contributed by atoms with Crippen LogP contribution in [0.25, 0.3) is 0 Å². The first-order valence-corrected chi connectivity index (χ1v) is 10.8. The average molecular weight is 442 g/mol. The lowest BCUT2D eigenvalue weighted by Gasteiger charge is -2.15. The molecule has 164 valence electrons. The Hall–Kier alpha value is -2.97. The first kappa shape index (κ1) is 22.7. The molecule has 1 fully saturated rings. The maximum Gasteiger partial charge on any atom is 0.257 e. The third-order valence-corrected chi connectivity index (χ3v) is 4.93. The summed E-state index contributed by atoms with van der Waals surface area (Å²) in [5.41, 5.74) is 1.38. The van der Waals surface area contributed by atoms with Gasteiger partial charge in [-0.2, -0.15) is 0 Å². The van der Waals surface area contributed by atoms with Gasteiger partial charge in [0.25, 0.3) is 11.8 Å². The van der Waals surface area contributed by atoms with Gasteiger partial charge in [-0.25, -0.2) is 0 Å². The number of amides is 2. The van der Waals surface area contributed by atoms with Crippen LogP contribution in [-0.2, 0) is 4.74 Å². The summed E-state index contributed by atoms with van der Waals surface area (Å²) in [5, 5.41) is 8.59. The molecule has 0 spiro atoms.